The Balaban J connectivity index is 3.21. The Morgan fingerprint density at radius 1 is 1.50 bits per heavy atom. The van der Waals surface area contributed by atoms with Crippen LogP contribution in [0.15, 0.2) is 10.7 Å². The maximum atomic E-state index is 12.7. The molecule has 1 nitrogen and oxygen atoms in total. The highest BCUT2D eigenvalue weighted by molar-refractivity contribution is 9.10. The maximum absolute atomic E-state index is 12.7. The number of rotatable bonds is 1. The summed E-state index contributed by atoms with van der Waals surface area (Å²) in [6, 6.07) is 0.798. The van der Waals surface area contributed by atoms with Crippen molar-refractivity contribution in [2.45, 2.75) is 6.43 Å². The van der Waals surface area contributed by atoms with Gasteiger partial charge in [-0.3, -0.25) is 0 Å². The van der Waals surface area contributed by atoms with Crippen LogP contribution in [0.5, 0.6) is 0 Å². The van der Waals surface area contributed by atoms with Gasteiger partial charge < -0.3 is 0 Å². The lowest BCUT2D eigenvalue weighted by molar-refractivity contribution is 0.145. The Labute approximate surface area is 79.7 Å². The topological polar surface area (TPSA) is 12.9 Å². The predicted octanol–water partition coefficient (Wildman–Crippen LogP) is 3.57. The van der Waals surface area contributed by atoms with Crippen LogP contribution in [0.2, 0.25) is 5.02 Å². The zero-order valence-corrected chi connectivity index (χ0v) is 7.83. The van der Waals surface area contributed by atoms with Crippen molar-refractivity contribution in [3.05, 3.63) is 27.2 Å². The molecule has 0 saturated carbocycles. The molecular weight excluding hydrogens is 258 g/mol. The largest absolute Gasteiger partial charge is 0.280 e. The summed E-state index contributed by atoms with van der Waals surface area (Å²) in [4.78, 5) is 3.24. The van der Waals surface area contributed by atoms with Crippen LogP contribution in [-0.4, -0.2) is 4.98 Å². The molecule has 1 rings (SSSR count). The minimum Gasteiger partial charge on any atom is -0.237 e. The Hall–Kier alpha value is -0.290. The van der Waals surface area contributed by atoms with Crippen LogP contribution in [0.4, 0.5) is 13.2 Å². The SMILES string of the molecule is Fc1c(Cl)cc(C(F)F)nc1Br. The first-order chi connectivity index (χ1) is 5.52. The maximum Gasteiger partial charge on any atom is 0.280 e. The van der Waals surface area contributed by atoms with Crippen LogP contribution < -0.4 is 0 Å². The molecule has 0 aliphatic carbocycles. The molecule has 66 valence electrons. The van der Waals surface area contributed by atoms with E-state index in [1.807, 2.05) is 0 Å². The van der Waals surface area contributed by atoms with Gasteiger partial charge in [-0.05, 0) is 22.0 Å². The average molecular weight is 260 g/mol. The third-order valence-corrected chi connectivity index (χ3v) is 1.92. The summed E-state index contributed by atoms with van der Waals surface area (Å²) in [5.74, 6) is -0.832. The van der Waals surface area contributed by atoms with Crippen LogP contribution >= 0.6 is 27.5 Å². The van der Waals surface area contributed by atoms with Gasteiger partial charge in [-0.25, -0.2) is 18.2 Å². The summed E-state index contributed by atoms with van der Waals surface area (Å²) >= 11 is 7.95. The van der Waals surface area contributed by atoms with Gasteiger partial charge in [-0.1, -0.05) is 11.6 Å². The highest BCUT2D eigenvalue weighted by Gasteiger charge is 2.14. The molecule has 0 unspecified atom stereocenters. The quantitative estimate of drug-likeness (QED) is 0.703. The number of aromatic nitrogens is 1. The van der Waals surface area contributed by atoms with E-state index in [1.54, 1.807) is 0 Å². The summed E-state index contributed by atoms with van der Waals surface area (Å²) in [5, 5.41) is -0.368. The van der Waals surface area contributed by atoms with E-state index in [2.05, 4.69) is 20.9 Å². The van der Waals surface area contributed by atoms with E-state index in [9.17, 15) is 13.2 Å². The van der Waals surface area contributed by atoms with Gasteiger partial charge in [0.05, 0.1) is 5.02 Å². The highest BCUT2D eigenvalue weighted by atomic mass is 79.9. The lowest BCUT2D eigenvalue weighted by Gasteiger charge is -2.01. The smallest absolute Gasteiger partial charge is 0.237 e. The fourth-order valence-corrected chi connectivity index (χ4v) is 1.33. The number of nitrogens with zero attached hydrogens (tertiary/aromatic N) is 1. The van der Waals surface area contributed by atoms with Gasteiger partial charge in [0.1, 0.15) is 10.3 Å². The second kappa shape index (κ2) is 3.62. The van der Waals surface area contributed by atoms with Crippen molar-refractivity contribution in [1.82, 2.24) is 4.98 Å². The Morgan fingerprint density at radius 3 is 2.50 bits per heavy atom. The molecule has 12 heavy (non-hydrogen) atoms. The van der Waals surface area contributed by atoms with Crippen molar-refractivity contribution in [2.75, 3.05) is 0 Å². The van der Waals surface area contributed by atoms with E-state index in [0.717, 1.165) is 6.07 Å². The fraction of sp³-hybridized carbons (Fsp3) is 0.167. The molecular formula is C6H2BrClF3N. The summed E-state index contributed by atoms with van der Waals surface area (Å²) < 4.78 is 36.4. The molecule has 0 atom stereocenters. The van der Waals surface area contributed by atoms with Gasteiger partial charge in [0, 0.05) is 0 Å². The normalized spacial score (nSPS) is 10.8. The van der Waals surface area contributed by atoms with E-state index in [-0.39, 0.29) is 9.63 Å². The lowest BCUT2D eigenvalue weighted by Crippen LogP contribution is -1.93. The first-order valence-corrected chi connectivity index (χ1v) is 3.99. The number of hydrogen-bond donors (Lipinski definition) is 0. The lowest BCUT2D eigenvalue weighted by atomic mass is 10.3. The van der Waals surface area contributed by atoms with E-state index in [1.165, 1.54) is 0 Å². The molecule has 6 heteroatoms. The highest BCUT2D eigenvalue weighted by Crippen LogP contribution is 2.26. The molecule has 0 radical (unpaired) electrons. The molecule has 0 aromatic carbocycles. The molecule has 1 aromatic rings. The molecule has 0 bridgehead atoms. The zero-order chi connectivity index (χ0) is 9.30. The number of alkyl halides is 2. The third-order valence-electron chi connectivity index (χ3n) is 1.12. The van der Waals surface area contributed by atoms with Crippen molar-refractivity contribution >= 4 is 27.5 Å². The van der Waals surface area contributed by atoms with Crippen molar-refractivity contribution in [2.24, 2.45) is 0 Å². The van der Waals surface area contributed by atoms with Crippen molar-refractivity contribution in [3.63, 3.8) is 0 Å². The van der Waals surface area contributed by atoms with Crippen LogP contribution in [0.3, 0.4) is 0 Å². The second-order valence-electron chi connectivity index (χ2n) is 1.93. The first kappa shape index (κ1) is 9.80. The Bertz CT molecular complexity index is 282. The first-order valence-electron chi connectivity index (χ1n) is 2.82. The molecule has 0 spiro atoms. The van der Waals surface area contributed by atoms with Gasteiger partial charge in [0.15, 0.2) is 5.82 Å². The molecule has 0 amide bonds. The molecule has 0 saturated heterocycles. The van der Waals surface area contributed by atoms with E-state index < -0.39 is 17.9 Å². The zero-order valence-electron chi connectivity index (χ0n) is 5.49. The van der Waals surface area contributed by atoms with Gasteiger partial charge in [0.25, 0.3) is 6.43 Å². The summed E-state index contributed by atoms with van der Waals surface area (Å²) in [7, 11) is 0. The number of hydrogen-bond acceptors (Lipinski definition) is 1. The molecule has 0 aliphatic heterocycles. The predicted molar refractivity (Wildman–Crippen MR) is 41.9 cm³/mol. The van der Waals surface area contributed by atoms with Gasteiger partial charge in [-0.15, -0.1) is 0 Å². The van der Waals surface area contributed by atoms with E-state index in [0.29, 0.717) is 0 Å². The number of halogens is 5. The van der Waals surface area contributed by atoms with Crippen molar-refractivity contribution in [3.8, 4) is 0 Å². The molecule has 1 heterocycles. The number of pyridine rings is 1. The molecule has 0 N–H and O–H groups in total. The van der Waals surface area contributed by atoms with Crippen LogP contribution in [-0.2, 0) is 0 Å². The summed E-state index contributed by atoms with van der Waals surface area (Å²) in [6.07, 6.45) is -2.75. The van der Waals surface area contributed by atoms with Crippen LogP contribution in [0.25, 0.3) is 0 Å². The van der Waals surface area contributed by atoms with Crippen molar-refractivity contribution < 1.29 is 13.2 Å². The molecule has 0 aliphatic rings. The van der Waals surface area contributed by atoms with E-state index >= 15 is 0 Å². The van der Waals surface area contributed by atoms with Gasteiger partial charge in [-0.2, -0.15) is 0 Å². The minimum absolute atomic E-state index is 0.301. The summed E-state index contributed by atoms with van der Waals surface area (Å²) in [6.45, 7) is 0. The standard InChI is InChI=1S/C6H2BrClF3N/c7-5-4(9)2(8)1-3(12-5)6(10)11/h1,6H. The average Bonchev–Trinajstić information content (AvgIpc) is 1.99. The Kier molecular flexibility index (Phi) is 2.95. The van der Waals surface area contributed by atoms with E-state index in [4.69, 9.17) is 11.6 Å². The van der Waals surface area contributed by atoms with Gasteiger partial charge >= 0.3 is 0 Å². The molecule has 0 fully saturated rings. The fourth-order valence-electron chi connectivity index (χ4n) is 0.598. The molecule has 1 aromatic heterocycles. The van der Waals surface area contributed by atoms with Crippen molar-refractivity contribution in [1.29, 1.82) is 0 Å². The third kappa shape index (κ3) is 1.90. The van der Waals surface area contributed by atoms with Gasteiger partial charge in [0.2, 0.25) is 0 Å². The van der Waals surface area contributed by atoms with Crippen LogP contribution in [0.1, 0.15) is 12.1 Å². The minimum atomic E-state index is -2.75. The monoisotopic (exact) mass is 259 g/mol. The summed E-state index contributed by atoms with van der Waals surface area (Å²) in [5.41, 5.74) is -0.548. The second-order valence-corrected chi connectivity index (χ2v) is 3.09. The Morgan fingerprint density at radius 2 is 2.08 bits per heavy atom. The van der Waals surface area contributed by atoms with Crippen LogP contribution in [0, 0.1) is 5.82 Å².